The molecule has 9 nitrogen and oxygen atoms in total. The van der Waals surface area contributed by atoms with Crippen LogP contribution in [0.2, 0.25) is 0 Å². The molecule has 0 spiro atoms. The summed E-state index contributed by atoms with van der Waals surface area (Å²) in [4.78, 5) is 14.2. The lowest BCUT2D eigenvalue weighted by Gasteiger charge is -2.25. The fraction of sp³-hybridized carbons (Fsp3) is 0.364. The molecule has 0 aromatic heterocycles. The molecule has 1 fully saturated rings. The minimum Gasteiger partial charge on any atom is -0.497 e. The van der Waals surface area contributed by atoms with Crippen molar-refractivity contribution in [3.8, 4) is 11.5 Å². The van der Waals surface area contributed by atoms with Gasteiger partial charge in [0.15, 0.2) is 0 Å². The lowest BCUT2D eigenvalue weighted by Crippen LogP contribution is -3.10. The highest BCUT2D eigenvalue weighted by Gasteiger charge is 2.29. The second-order valence-electron chi connectivity index (χ2n) is 7.53. The molecule has 0 bridgehead atoms. The number of methoxy groups -OCH3 is 2. The van der Waals surface area contributed by atoms with Crippen LogP contribution in [-0.4, -0.2) is 60.9 Å². The van der Waals surface area contributed by atoms with Crippen molar-refractivity contribution in [1.82, 2.24) is 5.43 Å². The van der Waals surface area contributed by atoms with Gasteiger partial charge >= 0.3 is 0 Å². The molecular weight excluding hydrogens is 432 g/mol. The first-order valence-corrected chi connectivity index (χ1v) is 11.7. The number of ether oxygens (including phenoxy) is 2. The number of sulfonamides is 1. The summed E-state index contributed by atoms with van der Waals surface area (Å²) in [6.45, 7) is 1.44. The number of nitrogens with zero attached hydrogens (tertiary/aromatic N) is 2. The van der Waals surface area contributed by atoms with Crippen LogP contribution in [0, 0.1) is 0 Å². The largest absolute Gasteiger partial charge is 0.497 e. The fourth-order valence-electron chi connectivity index (χ4n) is 3.39. The molecule has 10 heteroatoms. The Balaban J connectivity index is 1.91. The number of carbonyl (C=O) groups excluding carboxylic acids is 1. The highest BCUT2D eigenvalue weighted by molar-refractivity contribution is 7.92. The number of anilines is 1. The Morgan fingerprint density at radius 1 is 1.09 bits per heavy atom. The van der Waals surface area contributed by atoms with Crippen LogP contribution in [0.3, 0.4) is 0 Å². The van der Waals surface area contributed by atoms with Gasteiger partial charge in [0.25, 0.3) is 15.9 Å². The molecule has 1 saturated heterocycles. The van der Waals surface area contributed by atoms with E-state index in [1.807, 2.05) is 0 Å². The first-order chi connectivity index (χ1) is 15.3. The molecule has 32 heavy (non-hydrogen) atoms. The topological polar surface area (TPSA) is 102 Å². The van der Waals surface area contributed by atoms with E-state index in [1.165, 1.54) is 31.3 Å². The minimum absolute atomic E-state index is 0.0651. The zero-order valence-corrected chi connectivity index (χ0v) is 19.3. The Morgan fingerprint density at radius 2 is 1.78 bits per heavy atom. The van der Waals surface area contributed by atoms with Crippen LogP contribution in [0.5, 0.6) is 11.5 Å². The third-order valence-electron chi connectivity index (χ3n) is 5.29. The van der Waals surface area contributed by atoms with Gasteiger partial charge in [0, 0.05) is 24.6 Å². The summed E-state index contributed by atoms with van der Waals surface area (Å²) in [6, 6.07) is 12.7. The van der Waals surface area contributed by atoms with Crippen LogP contribution in [0.25, 0.3) is 0 Å². The minimum atomic E-state index is -4.05. The summed E-state index contributed by atoms with van der Waals surface area (Å²) in [5, 5.41) is 4.22. The van der Waals surface area contributed by atoms with Gasteiger partial charge in [0.1, 0.15) is 18.0 Å². The van der Waals surface area contributed by atoms with Crippen LogP contribution in [0.4, 0.5) is 5.69 Å². The van der Waals surface area contributed by atoms with E-state index < -0.39 is 22.5 Å². The molecule has 1 aliphatic heterocycles. The van der Waals surface area contributed by atoms with Crippen LogP contribution in [0.1, 0.15) is 12.8 Å². The zero-order chi connectivity index (χ0) is 23.1. The molecule has 1 aliphatic rings. The summed E-state index contributed by atoms with van der Waals surface area (Å²) in [6.07, 6.45) is 1.59. The summed E-state index contributed by atoms with van der Waals surface area (Å²) in [5.74, 6) is 0.227. The van der Waals surface area contributed by atoms with Gasteiger partial charge in [-0.2, -0.15) is 5.10 Å². The highest BCUT2D eigenvalue weighted by atomic mass is 32.2. The first kappa shape index (κ1) is 23.6. The van der Waals surface area contributed by atoms with Gasteiger partial charge in [0.05, 0.1) is 44.9 Å². The van der Waals surface area contributed by atoms with Crippen molar-refractivity contribution in [2.45, 2.75) is 17.7 Å². The van der Waals surface area contributed by atoms with Crippen molar-refractivity contribution in [2.75, 3.05) is 45.2 Å². The van der Waals surface area contributed by atoms with Gasteiger partial charge in [0.2, 0.25) is 0 Å². The summed E-state index contributed by atoms with van der Waals surface area (Å²) in [5.41, 5.74) is 3.65. The molecule has 2 aromatic rings. The van der Waals surface area contributed by atoms with Crippen LogP contribution in [0.15, 0.2) is 58.5 Å². The Labute approximate surface area is 188 Å². The number of benzene rings is 2. The lowest BCUT2D eigenvalue weighted by molar-refractivity contribution is -0.880. The number of nitrogens with one attached hydrogen (secondary N) is 2. The van der Waals surface area contributed by atoms with E-state index in [1.54, 1.807) is 36.4 Å². The third kappa shape index (κ3) is 5.57. The molecule has 2 N–H and O–H groups in total. The smallest absolute Gasteiger partial charge is 0.264 e. The monoisotopic (exact) mass is 461 g/mol. The Kier molecular flexibility index (Phi) is 7.70. The van der Waals surface area contributed by atoms with E-state index in [0.29, 0.717) is 5.75 Å². The van der Waals surface area contributed by atoms with E-state index >= 15 is 0 Å². The lowest BCUT2D eigenvalue weighted by atomic mass is 10.1. The predicted octanol–water partition coefficient (Wildman–Crippen LogP) is 0.680. The maximum absolute atomic E-state index is 13.5. The summed E-state index contributed by atoms with van der Waals surface area (Å²) < 4.78 is 38.5. The van der Waals surface area contributed by atoms with Crippen LogP contribution >= 0.6 is 0 Å². The van der Waals surface area contributed by atoms with Gasteiger partial charge in [-0.05, 0) is 24.3 Å². The van der Waals surface area contributed by atoms with Crippen molar-refractivity contribution >= 4 is 27.3 Å². The Morgan fingerprint density at radius 3 is 2.41 bits per heavy atom. The van der Waals surface area contributed by atoms with E-state index in [9.17, 15) is 13.2 Å². The number of hydrogen-bond acceptors (Lipinski definition) is 6. The van der Waals surface area contributed by atoms with Crippen molar-refractivity contribution in [3.05, 3.63) is 48.5 Å². The van der Waals surface area contributed by atoms with Crippen molar-refractivity contribution in [2.24, 2.45) is 5.10 Å². The van der Waals surface area contributed by atoms with Gasteiger partial charge in [-0.3, -0.25) is 9.10 Å². The van der Waals surface area contributed by atoms with Crippen LogP contribution in [-0.2, 0) is 14.8 Å². The SMILES string of the molecule is COc1ccc(N(CC(=O)NN=C2CC[NH+](C)CC2)S(=O)(=O)c2ccccc2)c(OC)c1. The molecule has 2 aromatic carbocycles. The molecule has 0 aliphatic carbocycles. The molecule has 3 rings (SSSR count). The Hall–Kier alpha value is -3.11. The normalized spacial score (nSPS) is 16.2. The molecule has 1 heterocycles. The van der Waals surface area contributed by atoms with E-state index in [4.69, 9.17) is 9.47 Å². The second kappa shape index (κ2) is 10.5. The summed E-state index contributed by atoms with van der Waals surface area (Å²) in [7, 11) is 0.997. The average Bonchev–Trinajstić information content (AvgIpc) is 2.82. The van der Waals surface area contributed by atoms with Crippen molar-refractivity contribution in [3.63, 3.8) is 0 Å². The molecule has 0 saturated carbocycles. The quantitative estimate of drug-likeness (QED) is 0.563. The van der Waals surface area contributed by atoms with Crippen LogP contribution < -0.4 is 24.1 Å². The molecule has 0 atom stereocenters. The van der Waals surface area contributed by atoms with Gasteiger partial charge in [-0.15, -0.1) is 0 Å². The maximum Gasteiger partial charge on any atom is 0.264 e. The number of likely N-dealkylation sites (tertiary alicyclic amines) is 1. The van der Waals surface area contributed by atoms with Crippen molar-refractivity contribution in [1.29, 1.82) is 0 Å². The Bertz CT molecular complexity index is 1060. The fourth-order valence-corrected chi connectivity index (χ4v) is 4.85. The van der Waals surface area contributed by atoms with E-state index in [-0.39, 0.29) is 16.3 Å². The molecule has 0 radical (unpaired) electrons. The number of quaternary nitrogens is 1. The van der Waals surface area contributed by atoms with Gasteiger partial charge in [-0.1, -0.05) is 18.2 Å². The maximum atomic E-state index is 13.5. The number of rotatable bonds is 8. The standard InChI is InChI=1S/C22H28N4O5S/c1-25-13-11-17(12-14-25)23-24-22(27)16-26(32(28,29)19-7-5-4-6-8-19)20-10-9-18(30-2)15-21(20)31-3/h4-10,15H,11-14,16H2,1-3H3,(H,24,27)/p+1. The average molecular weight is 462 g/mol. The second-order valence-corrected chi connectivity index (χ2v) is 9.39. The molecular formula is C22H29N4O5S+. The third-order valence-corrected chi connectivity index (χ3v) is 7.07. The van der Waals surface area contributed by atoms with Crippen molar-refractivity contribution < 1.29 is 27.6 Å². The van der Waals surface area contributed by atoms with E-state index in [2.05, 4.69) is 17.6 Å². The molecule has 172 valence electrons. The first-order valence-electron chi connectivity index (χ1n) is 10.3. The zero-order valence-electron chi connectivity index (χ0n) is 18.5. The number of hydrazone groups is 1. The number of amides is 1. The number of carbonyl (C=O) groups is 1. The molecule has 1 amide bonds. The number of piperidine rings is 1. The van der Waals surface area contributed by atoms with E-state index in [0.717, 1.165) is 35.9 Å². The predicted molar refractivity (Wildman–Crippen MR) is 122 cm³/mol. The molecule has 0 unspecified atom stereocenters. The highest BCUT2D eigenvalue weighted by Crippen LogP contribution is 2.35. The number of hydrogen-bond donors (Lipinski definition) is 2. The summed E-state index contributed by atoms with van der Waals surface area (Å²) >= 11 is 0. The van der Waals surface area contributed by atoms with Gasteiger partial charge < -0.3 is 14.4 Å². The van der Waals surface area contributed by atoms with Gasteiger partial charge in [-0.25, -0.2) is 13.8 Å².